The minimum atomic E-state index is 0.856. The first-order valence-corrected chi connectivity index (χ1v) is 8.44. The molecule has 0 aliphatic rings. The highest BCUT2D eigenvalue weighted by Gasteiger charge is 1.99. The summed E-state index contributed by atoms with van der Waals surface area (Å²) in [7, 11) is 0. The summed E-state index contributed by atoms with van der Waals surface area (Å²) in [5, 5.41) is 6.31. The fourth-order valence-electron chi connectivity index (χ4n) is 2.83. The SMILES string of the molecule is CC(C)CCCCCCNCc1cccc2ccccc12. The molecule has 0 fully saturated rings. The lowest BCUT2D eigenvalue weighted by Gasteiger charge is -2.08. The molecule has 0 aliphatic heterocycles. The molecule has 1 N–H and O–H groups in total. The molecule has 0 atom stereocenters. The van der Waals surface area contributed by atoms with Gasteiger partial charge in [0, 0.05) is 6.54 Å². The first-order valence-electron chi connectivity index (χ1n) is 8.44. The lowest BCUT2D eigenvalue weighted by molar-refractivity contribution is 0.512. The molecule has 2 rings (SSSR count). The van der Waals surface area contributed by atoms with Gasteiger partial charge in [-0.1, -0.05) is 82.0 Å². The van der Waals surface area contributed by atoms with E-state index in [2.05, 4.69) is 61.6 Å². The zero-order valence-electron chi connectivity index (χ0n) is 13.6. The van der Waals surface area contributed by atoms with Gasteiger partial charge < -0.3 is 5.32 Å². The van der Waals surface area contributed by atoms with Gasteiger partial charge in [0.25, 0.3) is 0 Å². The zero-order chi connectivity index (χ0) is 14.9. The Morgan fingerprint density at radius 1 is 0.857 bits per heavy atom. The van der Waals surface area contributed by atoms with Crippen molar-refractivity contribution in [3.8, 4) is 0 Å². The minimum absolute atomic E-state index is 0.856. The first kappa shape index (κ1) is 16.0. The van der Waals surface area contributed by atoms with Crippen molar-refractivity contribution in [2.75, 3.05) is 6.54 Å². The van der Waals surface area contributed by atoms with Crippen molar-refractivity contribution in [3.63, 3.8) is 0 Å². The second-order valence-corrected chi connectivity index (χ2v) is 6.41. The van der Waals surface area contributed by atoms with E-state index in [1.807, 2.05) is 0 Å². The molecular formula is C20H29N. The molecular weight excluding hydrogens is 254 g/mol. The normalized spacial score (nSPS) is 11.4. The predicted molar refractivity (Wildman–Crippen MR) is 93.6 cm³/mol. The number of unbranched alkanes of at least 4 members (excludes halogenated alkanes) is 3. The molecule has 0 saturated heterocycles. The molecule has 0 aromatic heterocycles. The monoisotopic (exact) mass is 283 g/mol. The second-order valence-electron chi connectivity index (χ2n) is 6.41. The Balaban J connectivity index is 1.66. The van der Waals surface area contributed by atoms with Gasteiger partial charge in [0.15, 0.2) is 0 Å². The molecule has 2 aromatic carbocycles. The molecule has 1 heteroatoms. The number of hydrogen-bond donors (Lipinski definition) is 1. The van der Waals surface area contributed by atoms with Gasteiger partial charge in [0.05, 0.1) is 0 Å². The van der Waals surface area contributed by atoms with Crippen LogP contribution in [0.1, 0.15) is 51.5 Å². The van der Waals surface area contributed by atoms with Gasteiger partial charge in [0.1, 0.15) is 0 Å². The Kier molecular flexibility index (Phi) is 6.75. The maximum atomic E-state index is 3.59. The van der Waals surface area contributed by atoms with Gasteiger partial charge in [-0.3, -0.25) is 0 Å². The Hall–Kier alpha value is -1.34. The molecule has 114 valence electrons. The fraction of sp³-hybridized carbons (Fsp3) is 0.500. The van der Waals surface area contributed by atoms with Crippen LogP contribution in [0.3, 0.4) is 0 Å². The van der Waals surface area contributed by atoms with Crippen molar-refractivity contribution < 1.29 is 0 Å². The van der Waals surface area contributed by atoms with Gasteiger partial charge >= 0.3 is 0 Å². The Morgan fingerprint density at radius 2 is 1.62 bits per heavy atom. The smallest absolute Gasteiger partial charge is 0.0211 e. The van der Waals surface area contributed by atoms with Gasteiger partial charge in [-0.15, -0.1) is 0 Å². The molecule has 21 heavy (non-hydrogen) atoms. The Bertz CT molecular complexity index is 525. The summed E-state index contributed by atoms with van der Waals surface area (Å²) in [6, 6.07) is 15.2. The van der Waals surface area contributed by atoms with Gasteiger partial charge in [-0.25, -0.2) is 0 Å². The van der Waals surface area contributed by atoms with E-state index in [1.54, 1.807) is 0 Å². The number of rotatable bonds is 9. The third kappa shape index (κ3) is 5.51. The third-order valence-corrected chi connectivity index (χ3v) is 4.08. The highest BCUT2D eigenvalue weighted by atomic mass is 14.8. The van der Waals surface area contributed by atoms with E-state index < -0.39 is 0 Å². The van der Waals surface area contributed by atoms with Crippen LogP contribution in [0, 0.1) is 5.92 Å². The Morgan fingerprint density at radius 3 is 2.48 bits per heavy atom. The summed E-state index contributed by atoms with van der Waals surface area (Å²) < 4.78 is 0. The lowest BCUT2D eigenvalue weighted by atomic mass is 10.0. The highest BCUT2D eigenvalue weighted by Crippen LogP contribution is 2.18. The van der Waals surface area contributed by atoms with E-state index in [-0.39, 0.29) is 0 Å². The highest BCUT2D eigenvalue weighted by molar-refractivity contribution is 5.85. The summed E-state index contributed by atoms with van der Waals surface area (Å²) in [5.41, 5.74) is 1.41. The van der Waals surface area contributed by atoms with Crippen molar-refractivity contribution in [1.82, 2.24) is 5.32 Å². The van der Waals surface area contributed by atoms with Crippen molar-refractivity contribution in [2.24, 2.45) is 5.92 Å². The van der Waals surface area contributed by atoms with Crippen LogP contribution in [0.15, 0.2) is 42.5 Å². The van der Waals surface area contributed by atoms with E-state index in [1.165, 1.54) is 48.4 Å². The number of fused-ring (bicyclic) bond motifs is 1. The molecule has 0 radical (unpaired) electrons. The molecule has 0 saturated carbocycles. The van der Waals surface area contributed by atoms with Crippen LogP contribution < -0.4 is 5.32 Å². The first-order chi connectivity index (χ1) is 10.3. The Labute approximate surface area is 129 Å². The summed E-state index contributed by atoms with van der Waals surface area (Å²) in [5.74, 6) is 0.856. The fourth-order valence-corrected chi connectivity index (χ4v) is 2.83. The molecule has 2 aromatic rings. The largest absolute Gasteiger partial charge is 0.313 e. The molecule has 0 unspecified atom stereocenters. The molecule has 0 bridgehead atoms. The van der Waals surface area contributed by atoms with Gasteiger partial charge in [0.2, 0.25) is 0 Å². The topological polar surface area (TPSA) is 12.0 Å². The van der Waals surface area contributed by atoms with E-state index >= 15 is 0 Å². The van der Waals surface area contributed by atoms with E-state index in [9.17, 15) is 0 Å². The summed E-state index contributed by atoms with van der Waals surface area (Å²) >= 11 is 0. The number of hydrogen-bond acceptors (Lipinski definition) is 1. The predicted octanol–water partition coefficient (Wildman–Crippen LogP) is 5.54. The maximum absolute atomic E-state index is 3.59. The molecule has 0 heterocycles. The molecule has 0 amide bonds. The van der Waals surface area contributed by atoms with Crippen LogP contribution in [-0.2, 0) is 6.54 Å². The van der Waals surface area contributed by atoms with Crippen LogP contribution in [0.25, 0.3) is 10.8 Å². The van der Waals surface area contributed by atoms with Crippen molar-refractivity contribution in [1.29, 1.82) is 0 Å². The number of nitrogens with one attached hydrogen (secondary N) is 1. The number of benzene rings is 2. The maximum Gasteiger partial charge on any atom is 0.0211 e. The van der Waals surface area contributed by atoms with Crippen LogP contribution in [-0.4, -0.2) is 6.54 Å². The van der Waals surface area contributed by atoms with Crippen molar-refractivity contribution in [2.45, 2.75) is 52.5 Å². The van der Waals surface area contributed by atoms with Gasteiger partial charge in [-0.2, -0.15) is 0 Å². The summed E-state index contributed by atoms with van der Waals surface area (Å²) in [6.45, 7) is 6.73. The molecule has 1 nitrogen and oxygen atoms in total. The van der Waals surface area contributed by atoms with Crippen LogP contribution >= 0.6 is 0 Å². The van der Waals surface area contributed by atoms with Gasteiger partial charge in [-0.05, 0) is 35.2 Å². The van der Waals surface area contributed by atoms with Crippen molar-refractivity contribution in [3.05, 3.63) is 48.0 Å². The minimum Gasteiger partial charge on any atom is -0.313 e. The zero-order valence-corrected chi connectivity index (χ0v) is 13.6. The molecule has 0 spiro atoms. The van der Waals surface area contributed by atoms with E-state index in [0.29, 0.717) is 0 Å². The summed E-state index contributed by atoms with van der Waals surface area (Å²) in [4.78, 5) is 0. The summed E-state index contributed by atoms with van der Waals surface area (Å²) in [6.07, 6.45) is 6.80. The average molecular weight is 283 g/mol. The van der Waals surface area contributed by atoms with E-state index in [4.69, 9.17) is 0 Å². The van der Waals surface area contributed by atoms with Crippen LogP contribution in [0.2, 0.25) is 0 Å². The van der Waals surface area contributed by atoms with Crippen LogP contribution in [0.5, 0.6) is 0 Å². The lowest BCUT2D eigenvalue weighted by Crippen LogP contribution is -2.14. The van der Waals surface area contributed by atoms with Crippen molar-refractivity contribution >= 4 is 10.8 Å². The van der Waals surface area contributed by atoms with E-state index in [0.717, 1.165) is 19.0 Å². The average Bonchev–Trinajstić information content (AvgIpc) is 2.50. The quantitative estimate of drug-likeness (QED) is 0.596. The second kappa shape index (κ2) is 8.84. The standard InChI is InChI=1S/C20H29N/c1-17(2)10-5-3-4-8-15-21-16-19-13-9-12-18-11-6-7-14-20(18)19/h6-7,9,11-14,17,21H,3-5,8,10,15-16H2,1-2H3. The van der Waals surface area contributed by atoms with Crippen LogP contribution in [0.4, 0.5) is 0 Å². The molecule has 0 aliphatic carbocycles. The third-order valence-electron chi connectivity index (χ3n) is 4.08.